The minimum Gasteiger partial charge on any atom is -0.504 e. The Morgan fingerprint density at radius 2 is 2.04 bits per heavy atom. The number of carbonyl (C=O) groups excluding carboxylic acids is 2. The van der Waals surface area contributed by atoms with E-state index in [0.29, 0.717) is 54.0 Å². The molecule has 4 aliphatic carbocycles. The van der Waals surface area contributed by atoms with Gasteiger partial charge in [-0.25, -0.2) is 0 Å². The molecule has 3 heteroatoms. The first-order chi connectivity index (χ1) is 11.5. The molecule has 3 saturated carbocycles. The Morgan fingerprint density at radius 3 is 2.79 bits per heavy atom. The first-order valence-corrected chi connectivity index (χ1v) is 9.43. The number of rotatable bonds is 1. The summed E-state index contributed by atoms with van der Waals surface area (Å²) < 4.78 is 5.44. The van der Waals surface area contributed by atoms with E-state index in [4.69, 9.17) is 4.74 Å². The summed E-state index contributed by atoms with van der Waals surface area (Å²) in [5.74, 6) is 3.18. The molecule has 4 rings (SSSR count). The van der Waals surface area contributed by atoms with E-state index in [1.165, 1.54) is 11.1 Å². The standard InChI is InChI=1S/C21H28O3/c1-12-8-13-9-15(22)4-5-16(13)20-14(11-24-3)10-21(2)17(19(12)20)6-7-18(21)23/h8,11-12,16-17,19-20H,4-7,9-10H2,1-3H3/t12-,16+,17+,19+,20-,21+/m1/s1. The van der Waals surface area contributed by atoms with E-state index in [2.05, 4.69) is 19.9 Å². The molecule has 0 saturated heterocycles. The van der Waals surface area contributed by atoms with Crippen molar-refractivity contribution in [1.29, 1.82) is 0 Å². The molecule has 0 bridgehead atoms. The number of fused-ring (bicyclic) bond motifs is 5. The van der Waals surface area contributed by atoms with Crippen LogP contribution < -0.4 is 0 Å². The molecule has 0 N–H and O–H groups in total. The average molecular weight is 328 g/mol. The molecule has 0 unspecified atom stereocenters. The number of allylic oxidation sites excluding steroid dienone is 3. The number of ether oxygens (including phenoxy) is 1. The third kappa shape index (κ3) is 2.16. The third-order valence-electron chi connectivity index (χ3n) is 7.42. The summed E-state index contributed by atoms with van der Waals surface area (Å²) in [6.07, 6.45) is 9.22. The minimum absolute atomic E-state index is 0.213. The summed E-state index contributed by atoms with van der Waals surface area (Å²) in [6.45, 7) is 4.47. The zero-order chi connectivity index (χ0) is 17.1. The van der Waals surface area contributed by atoms with Gasteiger partial charge in [0.05, 0.1) is 13.4 Å². The Labute approximate surface area is 144 Å². The van der Waals surface area contributed by atoms with Gasteiger partial charge in [-0.1, -0.05) is 25.5 Å². The lowest BCUT2D eigenvalue weighted by Gasteiger charge is -2.54. The fourth-order valence-electron chi connectivity index (χ4n) is 6.47. The number of methoxy groups -OCH3 is 1. The summed E-state index contributed by atoms with van der Waals surface area (Å²) in [5, 5.41) is 0. The predicted octanol–water partition coefficient (Wildman–Crippen LogP) is 4.08. The van der Waals surface area contributed by atoms with Crippen LogP contribution >= 0.6 is 0 Å². The molecular formula is C21H28O3. The molecule has 0 heterocycles. The van der Waals surface area contributed by atoms with Crippen LogP contribution in [0, 0.1) is 35.0 Å². The molecule has 3 fully saturated rings. The lowest BCUT2D eigenvalue weighted by molar-refractivity contribution is -0.129. The fourth-order valence-corrected chi connectivity index (χ4v) is 6.47. The van der Waals surface area contributed by atoms with Gasteiger partial charge < -0.3 is 4.74 Å². The lowest BCUT2D eigenvalue weighted by atomic mass is 9.49. The van der Waals surface area contributed by atoms with Gasteiger partial charge in [-0.05, 0) is 54.4 Å². The van der Waals surface area contributed by atoms with Crippen LogP contribution in [0.3, 0.4) is 0 Å². The van der Waals surface area contributed by atoms with Crippen molar-refractivity contribution in [2.24, 2.45) is 35.0 Å². The lowest BCUT2D eigenvalue weighted by Crippen LogP contribution is -2.49. The number of ketones is 2. The Kier molecular flexibility index (Phi) is 3.74. The molecular weight excluding hydrogens is 300 g/mol. The smallest absolute Gasteiger partial charge is 0.139 e. The molecule has 130 valence electrons. The molecule has 0 aromatic heterocycles. The van der Waals surface area contributed by atoms with Gasteiger partial charge in [0.15, 0.2) is 0 Å². The monoisotopic (exact) mass is 328 g/mol. The first-order valence-electron chi connectivity index (χ1n) is 9.43. The summed E-state index contributed by atoms with van der Waals surface area (Å²) in [4.78, 5) is 24.6. The minimum atomic E-state index is -0.213. The number of carbonyl (C=O) groups is 2. The zero-order valence-corrected chi connectivity index (χ0v) is 15.0. The van der Waals surface area contributed by atoms with Crippen LogP contribution in [0.5, 0.6) is 0 Å². The van der Waals surface area contributed by atoms with E-state index in [1.54, 1.807) is 7.11 Å². The summed E-state index contributed by atoms with van der Waals surface area (Å²) in [5.41, 5.74) is 2.46. The van der Waals surface area contributed by atoms with Crippen LogP contribution in [0.15, 0.2) is 23.5 Å². The van der Waals surface area contributed by atoms with Crippen LogP contribution in [-0.4, -0.2) is 18.7 Å². The van der Waals surface area contributed by atoms with Gasteiger partial charge in [0.1, 0.15) is 11.6 Å². The maximum absolute atomic E-state index is 12.7. The molecule has 0 radical (unpaired) electrons. The quantitative estimate of drug-likeness (QED) is 0.538. The van der Waals surface area contributed by atoms with Crippen LogP contribution in [0.25, 0.3) is 0 Å². The van der Waals surface area contributed by atoms with Gasteiger partial charge in [0.25, 0.3) is 0 Å². The largest absolute Gasteiger partial charge is 0.504 e. The van der Waals surface area contributed by atoms with E-state index >= 15 is 0 Å². The van der Waals surface area contributed by atoms with Gasteiger partial charge in [-0.3, -0.25) is 9.59 Å². The molecule has 6 atom stereocenters. The topological polar surface area (TPSA) is 43.4 Å². The molecule has 0 spiro atoms. The second-order valence-electron chi connectivity index (χ2n) is 8.66. The molecule has 24 heavy (non-hydrogen) atoms. The third-order valence-corrected chi connectivity index (χ3v) is 7.42. The molecule has 4 aliphatic rings. The van der Waals surface area contributed by atoms with Gasteiger partial charge in [-0.15, -0.1) is 0 Å². The van der Waals surface area contributed by atoms with Crippen molar-refractivity contribution in [2.45, 2.75) is 52.4 Å². The normalized spacial score (nSPS) is 46.2. The van der Waals surface area contributed by atoms with Gasteiger partial charge in [0.2, 0.25) is 0 Å². The summed E-state index contributed by atoms with van der Waals surface area (Å²) in [7, 11) is 1.71. The maximum atomic E-state index is 12.7. The zero-order valence-electron chi connectivity index (χ0n) is 15.0. The molecule has 3 nitrogen and oxygen atoms in total. The van der Waals surface area contributed by atoms with E-state index in [-0.39, 0.29) is 5.41 Å². The van der Waals surface area contributed by atoms with Crippen LogP contribution in [0.4, 0.5) is 0 Å². The van der Waals surface area contributed by atoms with E-state index in [1.807, 2.05) is 6.26 Å². The van der Waals surface area contributed by atoms with Crippen molar-refractivity contribution in [2.75, 3.05) is 7.11 Å². The first kappa shape index (κ1) is 16.1. The van der Waals surface area contributed by atoms with Crippen molar-refractivity contribution in [3.05, 3.63) is 23.5 Å². The van der Waals surface area contributed by atoms with Crippen LogP contribution in [-0.2, 0) is 14.3 Å². The van der Waals surface area contributed by atoms with E-state index in [0.717, 1.165) is 25.7 Å². The van der Waals surface area contributed by atoms with Crippen molar-refractivity contribution in [3.8, 4) is 0 Å². The highest BCUT2D eigenvalue weighted by Crippen LogP contribution is 2.62. The SMILES string of the molecule is COC=C1C[C@]2(C)C(=O)CC[C@H]2[C@H]2[C@H]1[C@H]1CCC(=O)CC1=C[C@H]2C. The summed E-state index contributed by atoms with van der Waals surface area (Å²) >= 11 is 0. The molecule has 0 aliphatic heterocycles. The highest BCUT2D eigenvalue weighted by atomic mass is 16.5. The van der Waals surface area contributed by atoms with Crippen molar-refractivity contribution in [3.63, 3.8) is 0 Å². The average Bonchev–Trinajstić information content (AvgIpc) is 2.82. The van der Waals surface area contributed by atoms with Crippen molar-refractivity contribution in [1.82, 2.24) is 0 Å². The van der Waals surface area contributed by atoms with Gasteiger partial charge in [-0.2, -0.15) is 0 Å². The maximum Gasteiger partial charge on any atom is 0.139 e. The van der Waals surface area contributed by atoms with Crippen LogP contribution in [0.1, 0.15) is 52.4 Å². The highest BCUT2D eigenvalue weighted by Gasteiger charge is 2.59. The van der Waals surface area contributed by atoms with Crippen molar-refractivity contribution >= 4 is 11.6 Å². The predicted molar refractivity (Wildman–Crippen MR) is 92.1 cm³/mol. The van der Waals surface area contributed by atoms with Gasteiger partial charge >= 0.3 is 0 Å². The van der Waals surface area contributed by atoms with E-state index < -0.39 is 0 Å². The Balaban J connectivity index is 1.80. The second-order valence-corrected chi connectivity index (χ2v) is 8.66. The van der Waals surface area contributed by atoms with E-state index in [9.17, 15) is 9.59 Å². The molecule has 0 aromatic carbocycles. The Hall–Kier alpha value is -1.38. The number of hydrogen-bond acceptors (Lipinski definition) is 3. The van der Waals surface area contributed by atoms with Gasteiger partial charge in [0, 0.05) is 24.7 Å². The van der Waals surface area contributed by atoms with Crippen molar-refractivity contribution < 1.29 is 14.3 Å². The highest BCUT2D eigenvalue weighted by molar-refractivity contribution is 5.88. The molecule has 0 aromatic rings. The Bertz CT molecular complexity index is 643. The number of Topliss-reactive ketones (excluding diaryl/α,β-unsaturated/α-hetero) is 2. The Morgan fingerprint density at radius 1 is 1.25 bits per heavy atom. The fraction of sp³-hybridized carbons (Fsp3) is 0.714. The summed E-state index contributed by atoms with van der Waals surface area (Å²) in [6, 6.07) is 0. The second kappa shape index (κ2) is 5.57. The number of hydrogen-bond donors (Lipinski definition) is 0. The van der Waals surface area contributed by atoms with Crippen LogP contribution in [0.2, 0.25) is 0 Å². The molecule has 0 amide bonds.